The van der Waals surface area contributed by atoms with E-state index in [1.807, 2.05) is 0 Å². The molecule has 0 saturated heterocycles. The van der Waals surface area contributed by atoms with E-state index < -0.39 is 5.97 Å². The Morgan fingerprint density at radius 2 is 2.24 bits per heavy atom. The molecule has 0 aliphatic carbocycles. The third-order valence-corrected chi connectivity index (χ3v) is 2.12. The normalized spacial score (nSPS) is 9.94. The largest absolute Gasteiger partial charge is 0.477 e. The number of nitrogens with zero attached hydrogens (tertiary/aromatic N) is 3. The standard InChI is InChI=1S/C11H10N4O2/c1-12-9-5-8(11(16)17)14-10(15-9)7-3-2-4-13-6-7/h2-6H,1H3,(H,16,17)(H,12,14,15). The molecule has 2 aromatic rings. The lowest BCUT2D eigenvalue weighted by molar-refractivity contribution is 0.0690. The number of hydrogen-bond acceptors (Lipinski definition) is 5. The third kappa shape index (κ3) is 2.36. The van der Waals surface area contributed by atoms with E-state index in [9.17, 15) is 4.79 Å². The second kappa shape index (κ2) is 4.56. The second-order valence-corrected chi connectivity index (χ2v) is 3.26. The van der Waals surface area contributed by atoms with Crippen molar-refractivity contribution < 1.29 is 9.90 Å². The summed E-state index contributed by atoms with van der Waals surface area (Å²) in [4.78, 5) is 23.0. The van der Waals surface area contributed by atoms with E-state index in [0.717, 1.165) is 0 Å². The highest BCUT2D eigenvalue weighted by atomic mass is 16.4. The van der Waals surface area contributed by atoms with Gasteiger partial charge in [-0.1, -0.05) is 0 Å². The van der Waals surface area contributed by atoms with E-state index in [1.54, 1.807) is 31.6 Å². The lowest BCUT2D eigenvalue weighted by Crippen LogP contribution is -2.05. The highest BCUT2D eigenvalue weighted by molar-refractivity contribution is 5.86. The summed E-state index contributed by atoms with van der Waals surface area (Å²) in [5.41, 5.74) is 0.621. The van der Waals surface area contributed by atoms with E-state index in [1.165, 1.54) is 6.07 Å². The Hall–Kier alpha value is -2.50. The number of aromatic carboxylic acids is 1. The number of carboxylic acid groups (broad SMARTS) is 1. The van der Waals surface area contributed by atoms with Crippen LogP contribution in [0.1, 0.15) is 10.5 Å². The van der Waals surface area contributed by atoms with Crippen LogP contribution in [0.15, 0.2) is 30.6 Å². The number of carboxylic acids is 1. The first kappa shape index (κ1) is 11.0. The molecule has 2 heterocycles. The van der Waals surface area contributed by atoms with Crippen LogP contribution in [0.25, 0.3) is 11.4 Å². The fourth-order valence-corrected chi connectivity index (χ4v) is 1.31. The van der Waals surface area contributed by atoms with Gasteiger partial charge in [0.2, 0.25) is 0 Å². The SMILES string of the molecule is CNc1cc(C(=O)O)nc(-c2cccnc2)n1. The number of hydrogen-bond donors (Lipinski definition) is 2. The van der Waals surface area contributed by atoms with Crippen LogP contribution >= 0.6 is 0 Å². The first-order chi connectivity index (χ1) is 8.20. The summed E-state index contributed by atoms with van der Waals surface area (Å²) in [7, 11) is 1.67. The molecule has 0 atom stereocenters. The van der Waals surface area contributed by atoms with Gasteiger partial charge in [0.1, 0.15) is 5.82 Å². The quantitative estimate of drug-likeness (QED) is 0.825. The number of nitrogens with one attached hydrogen (secondary N) is 1. The van der Waals surface area contributed by atoms with Gasteiger partial charge in [-0.05, 0) is 12.1 Å². The maximum Gasteiger partial charge on any atom is 0.354 e. The van der Waals surface area contributed by atoms with Gasteiger partial charge in [0.15, 0.2) is 11.5 Å². The molecule has 17 heavy (non-hydrogen) atoms. The zero-order chi connectivity index (χ0) is 12.3. The molecule has 0 spiro atoms. The van der Waals surface area contributed by atoms with Gasteiger partial charge < -0.3 is 10.4 Å². The molecule has 0 aliphatic rings. The number of carbonyl (C=O) groups is 1. The van der Waals surface area contributed by atoms with Crippen LogP contribution < -0.4 is 5.32 Å². The molecule has 0 amide bonds. The highest BCUT2D eigenvalue weighted by Crippen LogP contribution is 2.16. The summed E-state index contributed by atoms with van der Waals surface area (Å²) in [5, 5.41) is 11.7. The Bertz CT molecular complexity index is 542. The van der Waals surface area contributed by atoms with E-state index in [0.29, 0.717) is 17.2 Å². The predicted octanol–water partition coefficient (Wildman–Crippen LogP) is 1.28. The second-order valence-electron chi connectivity index (χ2n) is 3.26. The maximum atomic E-state index is 10.9. The van der Waals surface area contributed by atoms with Crippen molar-refractivity contribution in [2.45, 2.75) is 0 Å². The van der Waals surface area contributed by atoms with Gasteiger partial charge in [0, 0.05) is 31.1 Å². The fraction of sp³-hybridized carbons (Fsp3) is 0.0909. The summed E-state index contributed by atoms with van der Waals surface area (Å²) in [5.74, 6) is -0.298. The molecule has 0 unspecified atom stereocenters. The Labute approximate surface area is 97.4 Å². The summed E-state index contributed by atoms with van der Waals surface area (Å²) in [6, 6.07) is 4.89. The minimum Gasteiger partial charge on any atom is -0.477 e. The van der Waals surface area contributed by atoms with E-state index in [4.69, 9.17) is 5.11 Å². The van der Waals surface area contributed by atoms with Crippen molar-refractivity contribution in [1.29, 1.82) is 0 Å². The molecule has 0 saturated carbocycles. The fourth-order valence-electron chi connectivity index (χ4n) is 1.31. The first-order valence-electron chi connectivity index (χ1n) is 4.91. The number of rotatable bonds is 3. The smallest absolute Gasteiger partial charge is 0.354 e. The van der Waals surface area contributed by atoms with Crippen LogP contribution in [-0.2, 0) is 0 Å². The number of anilines is 1. The van der Waals surface area contributed by atoms with E-state index in [2.05, 4.69) is 20.3 Å². The van der Waals surface area contributed by atoms with Gasteiger partial charge >= 0.3 is 5.97 Å². The van der Waals surface area contributed by atoms with Crippen LogP contribution in [0.2, 0.25) is 0 Å². The molecular weight excluding hydrogens is 220 g/mol. The van der Waals surface area contributed by atoms with Crippen molar-refractivity contribution in [3.63, 3.8) is 0 Å². The molecule has 0 bridgehead atoms. The van der Waals surface area contributed by atoms with Gasteiger partial charge in [0.05, 0.1) is 0 Å². The average molecular weight is 230 g/mol. The molecule has 2 rings (SSSR count). The third-order valence-electron chi connectivity index (χ3n) is 2.12. The molecule has 0 fully saturated rings. The minimum absolute atomic E-state index is 0.0526. The van der Waals surface area contributed by atoms with Crippen molar-refractivity contribution in [3.05, 3.63) is 36.3 Å². The predicted molar refractivity (Wildman–Crippen MR) is 61.8 cm³/mol. The van der Waals surface area contributed by atoms with Crippen molar-refractivity contribution in [1.82, 2.24) is 15.0 Å². The number of aromatic nitrogens is 3. The topological polar surface area (TPSA) is 88.0 Å². The lowest BCUT2D eigenvalue weighted by atomic mass is 10.2. The van der Waals surface area contributed by atoms with Gasteiger partial charge in [-0.2, -0.15) is 0 Å². The number of pyridine rings is 1. The molecule has 6 heteroatoms. The van der Waals surface area contributed by atoms with Gasteiger partial charge in [-0.25, -0.2) is 14.8 Å². The van der Waals surface area contributed by atoms with Gasteiger partial charge in [-0.3, -0.25) is 4.98 Å². The summed E-state index contributed by atoms with van der Waals surface area (Å²) >= 11 is 0. The highest BCUT2D eigenvalue weighted by Gasteiger charge is 2.11. The Morgan fingerprint density at radius 1 is 1.41 bits per heavy atom. The van der Waals surface area contributed by atoms with Crippen molar-refractivity contribution in [2.24, 2.45) is 0 Å². The molecular formula is C11H10N4O2. The van der Waals surface area contributed by atoms with Gasteiger partial charge in [-0.15, -0.1) is 0 Å². The van der Waals surface area contributed by atoms with E-state index >= 15 is 0 Å². The Balaban J connectivity index is 2.54. The van der Waals surface area contributed by atoms with Crippen LogP contribution in [-0.4, -0.2) is 33.1 Å². The summed E-state index contributed by atoms with van der Waals surface area (Å²) < 4.78 is 0. The Kier molecular flexibility index (Phi) is 2.95. The molecule has 0 aromatic carbocycles. The van der Waals surface area contributed by atoms with Crippen molar-refractivity contribution >= 4 is 11.8 Å². The summed E-state index contributed by atoms with van der Waals surface area (Å²) in [6.07, 6.45) is 3.21. The van der Waals surface area contributed by atoms with Crippen molar-refractivity contribution in [2.75, 3.05) is 12.4 Å². The van der Waals surface area contributed by atoms with Crippen LogP contribution in [0.4, 0.5) is 5.82 Å². The first-order valence-corrected chi connectivity index (χ1v) is 4.91. The Morgan fingerprint density at radius 3 is 2.82 bits per heavy atom. The average Bonchev–Trinajstić information content (AvgIpc) is 2.39. The maximum absolute atomic E-state index is 10.9. The van der Waals surface area contributed by atoms with Gasteiger partial charge in [0.25, 0.3) is 0 Å². The van der Waals surface area contributed by atoms with Crippen LogP contribution in [0.3, 0.4) is 0 Å². The monoisotopic (exact) mass is 230 g/mol. The van der Waals surface area contributed by atoms with Crippen LogP contribution in [0, 0.1) is 0 Å². The van der Waals surface area contributed by atoms with E-state index in [-0.39, 0.29) is 5.69 Å². The zero-order valence-corrected chi connectivity index (χ0v) is 9.08. The zero-order valence-electron chi connectivity index (χ0n) is 9.08. The van der Waals surface area contributed by atoms with Crippen molar-refractivity contribution in [3.8, 4) is 11.4 Å². The van der Waals surface area contributed by atoms with Crippen LogP contribution in [0.5, 0.6) is 0 Å². The molecule has 2 aromatic heterocycles. The molecule has 2 N–H and O–H groups in total. The summed E-state index contributed by atoms with van der Waals surface area (Å²) in [6.45, 7) is 0. The lowest BCUT2D eigenvalue weighted by Gasteiger charge is -2.05. The molecule has 6 nitrogen and oxygen atoms in total. The minimum atomic E-state index is -1.09. The molecule has 86 valence electrons. The molecule has 0 aliphatic heterocycles. The molecule has 0 radical (unpaired) electrons.